The highest BCUT2D eigenvalue weighted by atomic mass is 14.0. The Balaban J connectivity index is 0.000000161. The molecule has 0 atom stereocenters. The van der Waals surface area contributed by atoms with Crippen LogP contribution in [0.4, 0.5) is 0 Å². The number of hydrogen-bond donors (Lipinski definition) is 0. The molecule has 0 aliphatic heterocycles. The second kappa shape index (κ2) is 11.8. The van der Waals surface area contributed by atoms with Gasteiger partial charge in [0.1, 0.15) is 0 Å². The topological polar surface area (TPSA) is 0 Å². The molecule has 0 saturated heterocycles. The number of hydrogen-bond acceptors (Lipinski definition) is 0. The Bertz CT molecular complexity index is 913. The van der Waals surface area contributed by atoms with Crippen LogP contribution in [0.5, 0.6) is 0 Å². The third-order valence-electron chi connectivity index (χ3n) is 4.51. The summed E-state index contributed by atoms with van der Waals surface area (Å²) in [5.74, 6) is 0. The van der Waals surface area contributed by atoms with E-state index in [0.29, 0.717) is 0 Å². The van der Waals surface area contributed by atoms with Gasteiger partial charge in [-0.15, -0.1) is 0 Å². The minimum absolute atomic E-state index is 1.19. The van der Waals surface area contributed by atoms with E-state index in [-0.39, 0.29) is 0 Å². The maximum Gasteiger partial charge on any atom is -0.0181 e. The first-order valence-electron chi connectivity index (χ1n) is 10.1. The zero-order chi connectivity index (χ0) is 20.2. The van der Waals surface area contributed by atoms with Crippen molar-refractivity contribution in [2.24, 2.45) is 0 Å². The van der Waals surface area contributed by atoms with E-state index < -0.39 is 0 Å². The zero-order valence-electron chi connectivity index (χ0n) is 17.7. The van der Waals surface area contributed by atoms with Crippen molar-refractivity contribution in [2.45, 2.75) is 40.5 Å². The molecular formula is C28H32. The van der Waals surface area contributed by atoms with Crippen LogP contribution in [0.15, 0.2) is 97.1 Å². The molecule has 4 aromatic carbocycles. The third kappa shape index (κ3) is 7.80. The van der Waals surface area contributed by atoms with Gasteiger partial charge in [-0.1, -0.05) is 127 Å². The van der Waals surface area contributed by atoms with Crippen LogP contribution in [-0.2, 0) is 6.42 Å². The van der Waals surface area contributed by atoms with E-state index in [1.165, 1.54) is 45.9 Å². The van der Waals surface area contributed by atoms with Gasteiger partial charge in [0, 0.05) is 0 Å². The Morgan fingerprint density at radius 3 is 1.50 bits per heavy atom. The van der Waals surface area contributed by atoms with Crippen LogP contribution >= 0.6 is 0 Å². The van der Waals surface area contributed by atoms with Gasteiger partial charge in [-0.2, -0.15) is 0 Å². The molecule has 0 aliphatic rings. The van der Waals surface area contributed by atoms with Crippen molar-refractivity contribution in [1.82, 2.24) is 0 Å². The van der Waals surface area contributed by atoms with Crippen molar-refractivity contribution in [3.63, 3.8) is 0 Å². The van der Waals surface area contributed by atoms with Crippen LogP contribution in [0.25, 0.3) is 10.8 Å². The Morgan fingerprint density at radius 1 is 0.500 bits per heavy atom. The lowest BCUT2D eigenvalue weighted by molar-refractivity contribution is 0.924. The van der Waals surface area contributed by atoms with E-state index in [0.717, 1.165) is 0 Å². The Kier molecular flexibility index (Phi) is 9.01. The Morgan fingerprint density at radius 2 is 1.00 bits per heavy atom. The lowest BCUT2D eigenvalue weighted by Gasteiger charge is -2.01. The van der Waals surface area contributed by atoms with Crippen molar-refractivity contribution in [3.05, 3.63) is 119 Å². The molecule has 0 aromatic heterocycles. The van der Waals surface area contributed by atoms with E-state index >= 15 is 0 Å². The molecule has 0 heterocycles. The first-order valence-corrected chi connectivity index (χ1v) is 10.1. The third-order valence-corrected chi connectivity index (χ3v) is 4.51. The molecular weight excluding hydrogens is 336 g/mol. The molecule has 0 heteroatoms. The molecule has 0 saturated carbocycles. The van der Waals surface area contributed by atoms with Gasteiger partial charge in [0.2, 0.25) is 0 Å². The van der Waals surface area contributed by atoms with Crippen LogP contribution in [-0.4, -0.2) is 0 Å². The predicted molar refractivity (Wildman–Crippen MR) is 125 cm³/mol. The molecule has 0 radical (unpaired) electrons. The fraction of sp³-hybridized carbons (Fsp3) is 0.214. The molecule has 0 fully saturated rings. The molecule has 4 rings (SSSR count). The van der Waals surface area contributed by atoms with Crippen LogP contribution in [0.3, 0.4) is 0 Å². The quantitative estimate of drug-likeness (QED) is 0.335. The first-order chi connectivity index (χ1) is 13.6. The fourth-order valence-corrected chi connectivity index (χ4v) is 2.85. The highest BCUT2D eigenvalue weighted by Gasteiger charge is 1.94. The van der Waals surface area contributed by atoms with Gasteiger partial charge < -0.3 is 0 Å². The summed E-state index contributed by atoms with van der Waals surface area (Å²) in [4.78, 5) is 0. The monoisotopic (exact) mass is 368 g/mol. The van der Waals surface area contributed by atoms with Crippen molar-refractivity contribution >= 4 is 10.8 Å². The van der Waals surface area contributed by atoms with Crippen molar-refractivity contribution in [3.8, 4) is 0 Å². The van der Waals surface area contributed by atoms with Gasteiger partial charge in [0.15, 0.2) is 0 Å². The molecule has 144 valence electrons. The van der Waals surface area contributed by atoms with Gasteiger partial charge in [-0.3, -0.25) is 0 Å². The number of benzene rings is 4. The highest BCUT2D eigenvalue weighted by molar-refractivity contribution is 5.82. The molecule has 0 bridgehead atoms. The predicted octanol–water partition coefficient (Wildman–Crippen LogP) is 8.09. The molecule has 0 N–H and O–H groups in total. The van der Waals surface area contributed by atoms with Crippen molar-refractivity contribution in [2.75, 3.05) is 0 Å². The van der Waals surface area contributed by atoms with Crippen molar-refractivity contribution < 1.29 is 0 Å². The van der Waals surface area contributed by atoms with Gasteiger partial charge in [-0.05, 0) is 43.5 Å². The SMILES string of the molecule is CCCc1ccc2ccccc2c1.Cc1ccc(C)cc1.Cc1ccccc1. The van der Waals surface area contributed by atoms with Gasteiger partial charge in [-0.25, -0.2) is 0 Å². The Hall–Kier alpha value is -2.86. The molecule has 0 spiro atoms. The maximum absolute atomic E-state index is 2.29. The minimum atomic E-state index is 1.19. The summed E-state index contributed by atoms with van der Waals surface area (Å²) in [5, 5.41) is 2.69. The van der Waals surface area contributed by atoms with E-state index in [2.05, 4.69) is 107 Å². The summed E-state index contributed by atoms with van der Waals surface area (Å²) >= 11 is 0. The van der Waals surface area contributed by atoms with E-state index in [4.69, 9.17) is 0 Å². The Labute approximate surface area is 170 Å². The van der Waals surface area contributed by atoms with Gasteiger partial charge in [0.25, 0.3) is 0 Å². The lowest BCUT2D eigenvalue weighted by atomic mass is 10.0. The summed E-state index contributed by atoms with van der Waals surface area (Å²) in [7, 11) is 0. The van der Waals surface area contributed by atoms with Crippen molar-refractivity contribution in [1.29, 1.82) is 0 Å². The molecule has 0 unspecified atom stereocenters. The minimum Gasteiger partial charge on any atom is -0.0651 e. The molecule has 0 amide bonds. The van der Waals surface area contributed by atoms with Crippen LogP contribution in [0.1, 0.15) is 35.6 Å². The largest absolute Gasteiger partial charge is 0.0651 e. The number of fused-ring (bicyclic) bond motifs is 1. The highest BCUT2D eigenvalue weighted by Crippen LogP contribution is 2.16. The number of rotatable bonds is 2. The normalized spacial score (nSPS) is 9.71. The molecule has 4 aromatic rings. The van der Waals surface area contributed by atoms with Crippen LogP contribution < -0.4 is 0 Å². The maximum atomic E-state index is 2.29. The smallest absolute Gasteiger partial charge is 0.0181 e. The standard InChI is InChI=1S/C13H14.C8H10.C7H8/c1-2-5-11-8-9-12-6-3-4-7-13(12)10-11;1-7-3-5-8(2)6-4-7;1-7-5-3-2-4-6-7/h3-4,6-10H,2,5H2,1H3;3-6H,1-2H3;2-6H,1H3. The summed E-state index contributed by atoms with van der Waals surface area (Å²) in [6.45, 7) is 8.49. The zero-order valence-corrected chi connectivity index (χ0v) is 17.7. The first kappa shape index (κ1) is 21.4. The fourth-order valence-electron chi connectivity index (χ4n) is 2.85. The van der Waals surface area contributed by atoms with E-state index in [1.807, 2.05) is 18.2 Å². The molecule has 0 aliphatic carbocycles. The van der Waals surface area contributed by atoms with E-state index in [1.54, 1.807) is 0 Å². The average Bonchev–Trinajstić information content (AvgIpc) is 2.72. The van der Waals surface area contributed by atoms with Crippen LogP contribution in [0.2, 0.25) is 0 Å². The summed E-state index contributed by atoms with van der Waals surface area (Å²) < 4.78 is 0. The summed E-state index contributed by atoms with van der Waals surface area (Å²) in [5.41, 5.74) is 5.43. The lowest BCUT2D eigenvalue weighted by Crippen LogP contribution is -1.82. The molecule has 0 nitrogen and oxygen atoms in total. The van der Waals surface area contributed by atoms with E-state index in [9.17, 15) is 0 Å². The van der Waals surface area contributed by atoms with Crippen LogP contribution in [0, 0.1) is 20.8 Å². The number of aryl methyl sites for hydroxylation is 4. The second-order valence-corrected chi connectivity index (χ2v) is 7.24. The average molecular weight is 369 g/mol. The second-order valence-electron chi connectivity index (χ2n) is 7.24. The molecule has 28 heavy (non-hydrogen) atoms. The summed E-state index contributed by atoms with van der Waals surface area (Å²) in [6.07, 6.45) is 2.41. The van der Waals surface area contributed by atoms with Gasteiger partial charge in [0.05, 0.1) is 0 Å². The van der Waals surface area contributed by atoms with Gasteiger partial charge >= 0.3 is 0 Å². The summed E-state index contributed by atoms with van der Waals surface area (Å²) in [6, 6.07) is 34.0.